The number of ketones is 1. The first-order valence-corrected chi connectivity index (χ1v) is 15.1. The van der Waals surface area contributed by atoms with Crippen LogP contribution < -0.4 is 10.1 Å². The topological polar surface area (TPSA) is 114 Å². The van der Waals surface area contributed by atoms with E-state index < -0.39 is 11.9 Å². The molecular weight excluding hydrogens is 512 g/mol. The number of benzene rings is 1. The van der Waals surface area contributed by atoms with Crippen LogP contribution >= 0.6 is 0 Å². The Morgan fingerprint density at radius 2 is 1.77 bits per heavy atom. The van der Waals surface area contributed by atoms with Crippen LogP contribution in [-0.4, -0.2) is 86.9 Å². The Morgan fingerprint density at radius 3 is 2.52 bits per heavy atom. The highest BCUT2D eigenvalue weighted by atomic mass is 16.5. The van der Waals surface area contributed by atoms with Gasteiger partial charge in [0.25, 0.3) is 0 Å². The molecule has 3 rings (SSSR count). The molecule has 2 aliphatic heterocycles. The molecule has 0 unspecified atom stereocenters. The van der Waals surface area contributed by atoms with Crippen molar-refractivity contribution in [2.75, 3.05) is 59.2 Å². The summed E-state index contributed by atoms with van der Waals surface area (Å²) in [5.41, 5.74) is 0.771. The van der Waals surface area contributed by atoms with E-state index in [0.717, 1.165) is 63.8 Å². The summed E-state index contributed by atoms with van der Waals surface area (Å²) in [5, 5.41) is 12.9. The Hall–Kier alpha value is -2.49. The molecule has 1 aromatic carbocycles. The van der Waals surface area contributed by atoms with E-state index in [1.54, 1.807) is 0 Å². The molecule has 2 aliphatic rings. The minimum atomic E-state index is -0.943. The van der Waals surface area contributed by atoms with E-state index in [9.17, 15) is 19.5 Å². The van der Waals surface area contributed by atoms with Gasteiger partial charge in [0.05, 0.1) is 26.2 Å². The highest BCUT2D eigenvalue weighted by Gasteiger charge is 2.31. The lowest BCUT2D eigenvalue weighted by Gasteiger charge is -2.33. The lowest BCUT2D eigenvalue weighted by molar-refractivity contribution is -0.137. The zero-order valence-electron chi connectivity index (χ0n) is 24.1. The average molecular weight is 561 g/mol. The van der Waals surface area contributed by atoms with Crippen LogP contribution in [0.25, 0.3) is 0 Å². The maximum absolute atomic E-state index is 13.4. The minimum absolute atomic E-state index is 0.0344. The number of carboxylic acids is 1. The van der Waals surface area contributed by atoms with Crippen LogP contribution in [0.3, 0.4) is 0 Å². The smallest absolute Gasteiger partial charge is 0.303 e. The molecule has 0 spiro atoms. The van der Waals surface area contributed by atoms with Crippen molar-refractivity contribution >= 4 is 17.7 Å². The Kier molecular flexibility index (Phi) is 14.4. The number of aliphatic carboxylic acids is 1. The Morgan fingerprint density at radius 1 is 1.02 bits per heavy atom. The van der Waals surface area contributed by atoms with Crippen LogP contribution in [-0.2, 0) is 23.9 Å². The summed E-state index contributed by atoms with van der Waals surface area (Å²) in [6.45, 7) is 7.82. The molecule has 1 amide bonds. The van der Waals surface area contributed by atoms with Crippen LogP contribution in [0.5, 0.6) is 5.75 Å². The molecule has 0 saturated carbocycles. The molecule has 0 aliphatic carbocycles. The van der Waals surface area contributed by atoms with Crippen molar-refractivity contribution in [3.8, 4) is 5.75 Å². The number of piperidine rings is 2. The highest BCUT2D eigenvalue weighted by Crippen LogP contribution is 2.30. The number of hydrogen-bond donors (Lipinski definition) is 2. The fraction of sp³-hybridized carbons (Fsp3) is 0.710. The predicted octanol–water partition coefficient (Wildman–Crippen LogP) is 4.04. The lowest BCUT2D eigenvalue weighted by atomic mass is 9.84. The van der Waals surface area contributed by atoms with E-state index in [-0.39, 0.29) is 30.4 Å². The third-order valence-corrected chi connectivity index (χ3v) is 7.87. The summed E-state index contributed by atoms with van der Waals surface area (Å²) in [5.74, 6) is -0.248. The summed E-state index contributed by atoms with van der Waals surface area (Å²) >= 11 is 0. The minimum Gasteiger partial charge on any atom is -0.491 e. The Bertz CT molecular complexity index is 919. The molecule has 2 atom stereocenters. The van der Waals surface area contributed by atoms with Gasteiger partial charge in [-0.1, -0.05) is 19.1 Å². The molecule has 9 nitrogen and oxygen atoms in total. The number of Topliss-reactive ketones (excluding diaryl/α,β-unsaturated/α-hetero) is 1. The monoisotopic (exact) mass is 560 g/mol. The first-order chi connectivity index (χ1) is 19.5. The van der Waals surface area contributed by atoms with E-state index in [1.807, 2.05) is 29.2 Å². The number of nitrogens with one attached hydrogen (secondary N) is 1. The first kappa shape index (κ1) is 32.0. The molecule has 2 fully saturated rings. The van der Waals surface area contributed by atoms with Crippen molar-refractivity contribution < 1.29 is 33.7 Å². The van der Waals surface area contributed by atoms with Crippen molar-refractivity contribution in [2.45, 2.75) is 70.6 Å². The summed E-state index contributed by atoms with van der Waals surface area (Å²) < 4.78 is 16.7. The van der Waals surface area contributed by atoms with Crippen LogP contribution in [0.2, 0.25) is 0 Å². The van der Waals surface area contributed by atoms with Crippen molar-refractivity contribution in [3.63, 3.8) is 0 Å². The molecule has 0 radical (unpaired) electrons. The molecule has 0 bridgehead atoms. The molecule has 40 heavy (non-hydrogen) atoms. The molecule has 2 saturated heterocycles. The maximum atomic E-state index is 13.4. The van der Waals surface area contributed by atoms with Gasteiger partial charge < -0.3 is 29.5 Å². The number of nitrogens with zero attached hydrogens (tertiary/aromatic N) is 1. The standard InChI is InChI=1S/C31H48N2O7/c1-2-15-38-16-17-39-18-19-40-28-7-3-5-25(20-28)27(22-31(36)37)21-29(34)26-6-4-14-33(23-26)30(35)9-8-24-10-12-32-13-11-24/h3,5,7,20,24,26-27,32H,2,4,6,8-19,21-23H2,1H3,(H,36,37)/t26-,27+/m1/s1. The number of rotatable bonds is 18. The normalized spacial score (nSPS) is 18.8. The van der Waals surface area contributed by atoms with Gasteiger partial charge in [0, 0.05) is 44.4 Å². The third kappa shape index (κ3) is 11.6. The van der Waals surface area contributed by atoms with E-state index in [1.165, 1.54) is 0 Å². The fourth-order valence-corrected chi connectivity index (χ4v) is 5.59. The van der Waals surface area contributed by atoms with Crippen LogP contribution in [0, 0.1) is 11.8 Å². The Labute approximate surface area is 238 Å². The number of carbonyl (C=O) groups excluding carboxylic acids is 2. The second-order valence-corrected chi connectivity index (χ2v) is 11.0. The van der Waals surface area contributed by atoms with Crippen molar-refractivity contribution in [1.82, 2.24) is 10.2 Å². The van der Waals surface area contributed by atoms with Crippen LogP contribution in [0.1, 0.15) is 76.2 Å². The average Bonchev–Trinajstić information content (AvgIpc) is 2.97. The highest BCUT2D eigenvalue weighted by molar-refractivity contribution is 5.84. The van der Waals surface area contributed by atoms with Gasteiger partial charge in [-0.2, -0.15) is 0 Å². The van der Waals surface area contributed by atoms with Gasteiger partial charge in [0.2, 0.25) is 5.91 Å². The molecular formula is C31H48N2O7. The second kappa shape index (κ2) is 18.0. The van der Waals surface area contributed by atoms with Crippen molar-refractivity contribution in [3.05, 3.63) is 29.8 Å². The number of likely N-dealkylation sites (tertiary alicyclic amines) is 1. The summed E-state index contributed by atoms with van der Waals surface area (Å²) in [6.07, 6.45) is 6.21. The van der Waals surface area contributed by atoms with E-state index in [0.29, 0.717) is 57.6 Å². The Balaban J connectivity index is 1.49. The molecule has 224 valence electrons. The predicted molar refractivity (Wildman–Crippen MR) is 153 cm³/mol. The molecule has 1 aromatic rings. The SMILES string of the molecule is CCCOCCOCCOc1cccc([C@H](CC(=O)O)CC(=O)[C@@H]2CCCN(C(=O)CCC3CCNCC3)C2)c1. The largest absolute Gasteiger partial charge is 0.491 e. The molecule has 2 N–H and O–H groups in total. The van der Waals surface area contributed by atoms with Gasteiger partial charge in [-0.25, -0.2) is 0 Å². The van der Waals surface area contributed by atoms with Gasteiger partial charge in [-0.3, -0.25) is 14.4 Å². The third-order valence-electron chi connectivity index (χ3n) is 7.87. The lowest BCUT2D eigenvalue weighted by Crippen LogP contribution is -2.42. The summed E-state index contributed by atoms with van der Waals surface area (Å²) in [7, 11) is 0. The number of amides is 1. The quantitative estimate of drug-likeness (QED) is 0.259. The van der Waals surface area contributed by atoms with Gasteiger partial charge in [0.1, 0.15) is 18.1 Å². The summed E-state index contributed by atoms with van der Waals surface area (Å²) in [4.78, 5) is 39.8. The maximum Gasteiger partial charge on any atom is 0.303 e. The number of carboxylic acid groups (broad SMARTS) is 1. The number of carbonyl (C=O) groups is 3. The molecule has 2 heterocycles. The van der Waals surface area contributed by atoms with Crippen molar-refractivity contribution in [2.24, 2.45) is 11.8 Å². The van der Waals surface area contributed by atoms with E-state index >= 15 is 0 Å². The fourth-order valence-electron chi connectivity index (χ4n) is 5.59. The number of hydrogen-bond acceptors (Lipinski definition) is 7. The second-order valence-electron chi connectivity index (χ2n) is 11.0. The van der Waals surface area contributed by atoms with Crippen molar-refractivity contribution in [1.29, 1.82) is 0 Å². The van der Waals surface area contributed by atoms with Crippen LogP contribution in [0.4, 0.5) is 0 Å². The van der Waals surface area contributed by atoms with Gasteiger partial charge >= 0.3 is 5.97 Å². The van der Waals surface area contributed by atoms with Gasteiger partial charge in [-0.15, -0.1) is 0 Å². The van der Waals surface area contributed by atoms with Gasteiger partial charge in [-0.05, 0) is 75.2 Å². The zero-order valence-corrected chi connectivity index (χ0v) is 24.1. The zero-order chi connectivity index (χ0) is 28.6. The van der Waals surface area contributed by atoms with Crippen LogP contribution in [0.15, 0.2) is 24.3 Å². The van der Waals surface area contributed by atoms with E-state index in [4.69, 9.17) is 14.2 Å². The summed E-state index contributed by atoms with van der Waals surface area (Å²) in [6, 6.07) is 7.32. The molecule has 9 heteroatoms. The molecule has 0 aromatic heterocycles. The van der Waals surface area contributed by atoms with E-state index in [2.05, 4.69) is 12.2 Å². The number of ether oxygens (including phenoxy) is 3. The van der Waals surface area contributed by atoms with Gasteiger partial charge in [0.15, 0.2) is 0 Å². The first-order valence-electron chi connectivity index (χ1n) is 15.1.